The van der Waals surface area contributed by atoms with Crippen molar-refractivity contribution in [1.82, 2.24) is 10.2 Å². The molecule has 0 aromatic carbocycles. The molecule has 3 aliphatic carbocycles. The Balaban J connectivity index is 1.49. The van der Waals surface area contributed by atoms with Crippen molar-refractivity contribution >= 4 is 29.4 Å². The highest BCUT2D eigenvalue weighted by Gasteiger charge is 2.68. The number of alkyl carbamates (subject to hydrolysis) is 1. The largest absolute Gasteiger partial charge is 0.445 e. The molecule has 5 rings (SSSR count). The molecule has 0 radical (unpaired) electrons. The van der Waals surface area contributed by atoms with E-state index in [0.717, 1.165) is 45.2 Å². The van der Waals surface area contributed by atoms with Crippen LogP contribution in [0.15, 0.2) is 11.6 Å². The second-order valence-corrected chi connectivity index (χ2v) is 13.8. The number of amides is 2. The van der Waals surface area contributed by atoms with Crippen LogP contribution in [0.25, 0.3) is 0 Å². The van der Waals surface area contributed by atoms with E-state index in [2.05, 4.69) is 31.0 Å². The van der Waals surface area contributed by atoms with E-state index in [0.29, 0.717) is 25.3 Å². The first kappa shape index (κ1) is 28.1. The molecule has 0 spiro atoms. The van der Waals surface area contributed by atoms with Crippen LogP contribution in [0.4, 0.5) is 4.79 Å². The van der Waals surface area contributed by atoms with Gasteiger partial charge in [-0.1, -0.05) is 45.4 Å². The molecule has 0 aromatic heterocycles. The minimum Gasteiger partial charge on any atom is -0.445 e. The van der Waals surface area contributed by atoms with E-state index in [1.54, 1.807) is 7.11 Å². The number of Topliss-reactive ketones (excluding diaryl/α,β-unsaturated/α-hetero) is 1. The maximum Gasteiger partial charge on any atom is 0.414 e. The normalized spacial score (nSPS) is 48.0. The molecule has 2 aliphatic heterocycles. The number of ether oxygens (including phenoxy) is 2. The Kier molecular flexibility index (Phi) is 7.54. The Morgan fingerprint density at radius 2 is 1.89 bits per heavy atom. The maximum atomic E-state index is 14.3. The lowest BCUT2D eigenvalue weighted by Gasteiger charge is -2.61. The van der Waals surface area contributed by atoms with E-state index < -0.39 is 23.0 Å². The Morgan fingerprint density at radius 1 is 1.16 bits per heavy atom. The number of nitrogens with zero attached hydrogens (tertiary/aromatic N) is 1. The third-order valence-electron chi connectivity index (χ3n) is 11.9. The summed E-state index contributed by atoms with van der Waals surface area (Å²) in [5.74, 6) is 0.340. The van der Waals surface area contributed by atoms with Crippen molar-refractivity contribution in [3.8, 4) is 0 Å². The Bertz CT molecular complexity index is 1000. The van der Waals surface area contributed by atoms with Gasteiger partial charge in [0.05, 0.1) is 12.0 Å². The number of ketones is 1. The number of carbonyl (C=O) groups is 3. The number of fused-ring (bicyclic) bond motifs is 2. The maximum absolute atomic E-state index is 14.3. The molecule has 1 N–H and O–H groups in total. The van der Waals surface area contributed by atoms with Crippen molar-refractivity contribution < 1.29 is 23.9 Å². The van der Waals surface area contributed by atoms with Gasteiger partial charge in [0.1, 0.15) is 11.9 Å². The molecular weight excluding hydrogens is 504 g/mol. The fourth-order valence-electron chi connectivity index (χ4n) is 9.58. The Morgan fingerprint density at radius 3 is 2.53 bits per heavy atom. The van der Waals surface area contributed by atoms with Gasteiger partial charge in [0, 0.05) is 48.4 Å². The second-order valence-electron chi connectivity index (χ2n) is 13.5. The highest BCUT2D eigenvalue weighted by atomic mass is 35.5. The van der Waals surface area contributed by atoms with Crippen LogP contribution in [0.3, 0.4) is 0 Å². The molecule has 3 unspecified atom stereocenters. The second kappa shape index (κ2) is 10.2. The Hall–Kier alpha value is -1.44. The van der Waals surface area contributed by atoms with Gasteiger partial charge in [-0.15, -0.1) is 0 Å². The first-order valence-corrected chi connectivity index (χ1v) is 15.0. The molecule has 3 saturated carbocycles. The summed E-state index contributed by atoms with van der Waals surface area (Å²) in [5, 5.41) is 2.59. The van der Waals surface area contributed by atoms with Crippen LogP contribution in [0.2, 0.25) is 0 Å². The van der Waals surface area contributed by atoms with Crippen LogP contribution in [0.1, 0.15) is 72.6 Å². The molecule has 7 nitrogen and oxygen atoms in total. The van der Waals surface area contributed by atoms with E-state index in [1.165, 1.54) is 5.54 Å². The van der Waals surface area contributed by atoms with E-state index in [9.17, 15) is 14.4 Å². The highest BCUT2D eigenvalue weighted by molar-refractivity contribution is 6.25. The molecule has 8 heteroatoms. The van der Waals surface area contributed by atoms with Crippen LogP contribution in [-0.4, -0.2) is 61.6 Å². The third-order valence-corrected chi connectivity index (χ3v) is 12.1. The number of methoxy groups -OCH3 is 1. The van der Waals surface area contributed by atoms with Crippen molar-refractivity contribution in [3.05, 3.63) is 11.6 Å². The molecule has 4 bridgehead atoms. The summed E-state index contributed by atoms with van der Waals surface area (Å²) < 4.78 is 12.4. The summed E-state index contributed by atoms with van der Waals surface area (Å²) in [7, 11) is 1.76. The molecule has 2 heterocycles. The average Bonchev–Trinajstić information content (AvgIpc) is 3.63. The minimum absolute atomic E-state index is 0.00368. The first-order chi connectivity index (χ1) is 18.0. The summed E-state index contributed by atoms with van der Waals surface area (Å²) in [5.41, 5.74) is 0.127. The molecule has 11 atom stereocenters. The standard InChI is InChI=1S/C30H45ClN2O5/c1-18-7-11-30-12-8-22(37-5)24(30)29(18,4)23(15-28(3,10-6-13-31)25(34)19(30)2)38-27(36)32-26(35)21-17-33-14-9-20(21)16-33/h6,13,18-24H,7-12,14-17H2,1-5H3,(H,32,35,36)/t18-,19+,20-,21+,22-,23-,24?,28-,29+,30?/m1/s1. The predicted molar refractivity (Wildman–Crippen MR) is 145 cm³/mol. The molecular formula is C30H45ClN2O5. The van der Waals surface area contributed by atoms with Gasteiger partial charge < -0.3 is 14.4 Å². The topological polar surface area (TPSA) is 84.9 Å². The SMILES string of the molecule is CO[C@@H]1CCC23CC[C@@H](C)[C@](C)(C12)[C@H](OC(=O)NC(=O)[C@H]1CN2CC[C@@H]1C2)C[C@@](C)(CC=CCl)C(=O)[C@@H]3C. The first-order valence-electron chi connectivity index (χ1n) is 14.6. The van der Waals surface area contributed by atoms with Crippen LogP contribution >= 0.6 is 11.6 Å². The van der Waals surface area contributed by atoms with Gasteiger partial charge in [-0.3, -0.25) is 14.9 Å². The number of rotatable bonds is 5. The third kappa shape index (κ3) is 4.26. The molecule has 5 aliphatic rings. The quantitative estimate of drug-likeness (QED) is 0.510. The average molecular weight is 549 g/mol. The molecule has 2 saturated heterocycles. The van der Waals surface area contributed by atoms with Gasteiger partial charge in [-0.05, 0) is 68.7 Å². The monoisotopic (exact) mass is 548 g/mol. The van der Waals surface area contributed by atoms with Crippen molar-refractivity contribution in [2.75, 3.05) is 26.7 Å². The molecule has 5 fully saturated rings. The fraction of sp³-hybridized carbons (Fsp3) is 0.833. The summed E-state index contributed by atoms with van der Waals surface area (Å²) in [4.78, 5) is 43.0. The fourth-order valence-corrected chi connectivity index (χ4v) is 9.67. The number of carbonyl (C=O) groups excluding carboxylic acids is 3. The summed E-state index contributed by atoms with van der Waals surface area (Å²) in [6.45, 7) is 11.3. The molecule has 212 valence electrons. The summed E-state index contributed by atoms with van der Waals surface area (Å²) in [6, 6.07) is 0. The number of nitrogens with one attached hydrogen (secondary N) is 1. The molecule has 38 heavy (non-hydrogen) atoms. The van der Waals surface area contributed by atoms with Crippen LogP contribution < -0.4 is 5.32 Å². The lowest BCUT2D eigenvalue weighted by molar-refractivity contribution is -0.191. The number of imide groups is 1. The van der Waals surface area contributed by atoms with Crippen molar-refractivity contribution in [1.29, 1.82) is 0 Å². The highest BCUT2D eigenvalue weighted by Crippen LogP contribution is 2.69. The Labute approximate surface area is 232 Å². The zero-order valence-corrected chi connectivity index (χ0v) is 24.4. The smallest absolute Gasteiger partial charge is 0.414 e. The van der Waals surface area contributed by atoms with Crippen LogP contribution in [0.5, 0.6) is 0 Å². The lowest BCUT2D eigenvalue weighted by Crippen LogP contribution is -2.63. The van der Waals surface area contributed by atoms with Gasteiger partial charge in [-0.2, -0.15) is 0 Å². The van der Waals surface area contributed by atoms with Gasteiger partial charge >= 0.3 is 6.09 Å². The van der Waals surface area contributed by atoms with Gasteiger partial charge in [0.25, 0.3) is 0 Å². The number of hydrogen-bond acceptors (Lipinski definition) is 6. The summed E-state index contributed by atoms with van der Waals surface area (Å²) >= 11 is 5.93. The van der Waals surface area contributed by atoms with Crippen LogP contribution in [0, 0.1) is 45.8 Å². The van der Waals surface area contributed by atoms with Crippen molar-refractivity contribution in [2.45, 2.75) is 84.8 Å². The zero-order valence-electron chi connectivity index (χ0n) is 23.6. The van der Waals surface area contributed by atoms with Gasteiger partial charge in [0.2, 0.25) is 5.91 Å². The zero-order chi connectivity index (χ0) is 27.5. The molecule has 2 amide bonds. The van der Waals surface area contributed by atoms with E-state index in [-0.39, 0.29) is 46.9 Å². The minimum atomic E-state index is -0.737. The van der Waals surface area contributed by atoms with E-state index in [1.807, 2.05) is 13.0 Å². The van der Waals surface area contributed by atoms with Crippen molar-refractivity contribution in [2.24, 2.45) is 45.8 Å². The number of hydrogen-bond donors (Lipinski definition) is 1. The van der Waals surface area contributed by atoms with Crippen molar-refractivity contribution in [3.63, 3.8) is 0 Å². The number of allylic oxidation sites excluding steroid dienone is 1. The van der Waals surface area contributed by atoms with E-state index >= 15 is 0 Å². The van der Waals surface area contributed by atoms with Crippen LogP contribution in [-0.2, 0) is 19.1 Å². The number of halogens is 1. The predicted octanol–water partition coefficient (Wildman–Crippen LogP) is 5.16. The van der Waals surface area contributed by atoms with Gasteiger partial charge in [0.15, 0.2) is 0 Å². The van der Waals surface area contributed by atoms with Gasteiger partial charge in [-0.25, -0.2) is 4.79 Å². The van der Waals surface area contributed by atoms with E-state index in [4.69, 9.17) is 21.1 Å². The number of piperidine rings is 1. The lowest BCUT2D eigenvalue weighted by atomic mass is 9.43. The summed E-state index contributed by atoms with van der Waals surface area (Å²) in [6.07, 6.45) is 6.26. The molecule has 0 aromatic rings.